The number of amides is 1. The lowest BCUT2D eigenvalue weighted by Gasteiger charge is -2.17. The second-order valence-electron chi connectivity index (χ2n) is 6.44. The number of hydrogen-bond acceptors (Lipinski definition) is 3. The Morgan fingerprint density at radius 3 is 2.46 bits per heavy atom. The molecule has 1 aromatic carbocycles. The maximum atomic E-state index is 12.8. The molecular formula is C19H21NO4. The number of nitrogens with zero attached hydrogens (tertiary/aromatic N) is 1. The Hall–Kier alpha value is -2.56. The summed E-state index contributed by atoms with van der Waals surface area (Å²) < 4.78 is 5.44. The Balaban J connectivity index is 1.91. The van der Waals surface area contributed by atoms with Gasteiger partial charge in [0, 0.05) is 19.0 Å². The number of carbonyl (C=O) groups is 2. The largest absolute Gasteiger partial charge is 0.481 e. The van der Waals surface area contributed by atoms with Gasteiger partial charge in [0.15, 0.2) is 0 Å². The van der Waals surface area contributed by atoms with Crippen molar-refractivity contribution in [2.75, 3.05) is 13.1 Å². The van der Waals surface area contributed by atoms with Crippen molar-refractivity contribution >= 4 is 11.9 Å². The van der Waals surface area contributed by atoms with Gasteiger partial charge in [-0.3, -0.25) is 9.59 Å². The van der Waals surface area contributed by atoms with Crippen LogP contribution >= 0.6 is 0 Å². The van der Waals surface area contributed by atoms with Gasteiger partial charge in [0.1, 0.15) is 11.5 Å². The van der Waals surface area contributed by atoms with Gasteiger partial charge in [-0.05, 0) is 38.0 Å². The number of likely N-dealkylation sites (tertiary alicyclic amines) is 1. The Labute approximate surface area is 140 Å². The van der Waals surface area contributed by atoms with Crippen molar-refractivity contribution in [1.29, 1.82) is 0 Å². The molecule has 2 atom stereocenters. The highest BCUT2D eigenvalue weighted by Crippen LogP contribution is 2.35. The van der Waals surface area contributed by atoms with Crippen molar-refractivity contribution in [3.8, 4) is 0 Å². The zero-order valence-corrected chi connectivity index (χ0v) is 14.1. The summed E-state index contributed by atoms with van der Waals surface area (Å²) in [7, 11) is 0. The van der Waals surface area contributed by atoms with E-state index < -0.39 is 11.9 Å². The van der Waals surface area contributed by atoms with Crippen molar-refractivity contribution in [2.45, 2.75) is 26.7 Å². The lowest BCUT2D eigenvalue weighted by atomic mass is 9.86. The molecule has 1 fully saturated rings. The van der Waals surface area contributed by atoms with Crippen LogP contribution in [-0.4, -0.2) is 35.0 Å². The minimum atomic E-state index is -0.862. The summed E-state index contributed by atoms with van der Waals surface area (Å²) in [5, 5.41) is 9.61. The number of rotatable bonds is 3. The molecular weight excluding hydrogens is 306 g/mol. The molecule has 5 nitrogen and oxygen atoms in total. The van der Waals surface area contributed by atoms with E-state index >= 15 is 0 Å². The van der Waals surface area contributed by atoms with E-state index in [-0.39, 0.29) is 18.4 Å². The van der Waals surface area contributed by atoms with E-state index in [1.807, 2.05) is 31.2 Å². The molecule has 0 spiro atoms. The van der Waals surface area contributed by atoms with Crippen LogP contribution in [-0.2, 0) is 4.79 Å². The molecule has 0 saturated carbocycles. The number of carboxylic acid groups (broad SMARTS) is 1. The number of aryl methyl sites for hydroxylation is 3. The molecule has 5 heteroatoms. The van der Waals surface area contributed by atoms with Crippen LogP contribution in [0.25, 0.3) is 0 Å². The highest BCUT2D eigenvalue weighted by molar-refractivity contribution is 5.96. The number of carbonyl (C=O) groups excluding carboxylic acids is 1. The lowest BCUT2D eigenvalue weighted by Crippen LogP contribution is -2.30. The van der Waals surface area contributed by atoms with Gasteiger partial charge in [-0.1, -0.05) is 24.3 Å². The van der Waals surface area contributed by atoms with Crippen LogP contribution in [0.1, 0.15) is 38.9 Å². The average molecular weight is 327 g/mol. The molecule has 1 amide bonds. The molecule has 1 aromatic heterocycles. The van der Waals surface area contributed by atoms with Crippen LogP contribution in [0.4, 0.5) is 0 Å². The van der Waals surface area contributed by atoms with E-state index in [9.17, 15) is 14.7 Å². The molecule has 1 aliphatic rings. The number of carboxylic acids is 1. The normalized spacial score (nSPS) is 20.4. The molecule has 2 heterocycles. The number of furan rings is 1. The molecule has 126 valence electrons. The van der Waals surface area contributed by atoms with Crippen LogP contribution in [0.5, 0.6) is 0 Å². The predicted octanol–water partition coefficient (Wildman–Crippen LogP) is 3.15. The van der Waals surface area contributed by atoms with E-state index in [1.165, 1.54) is 0 Å². The van der Waals surface area contributed by atoms with Gasteiger partial charge < -0.3 is 14.4 Å². The highest BCUT2D eigenvalue weighted by Gasteiger charge is 2.41. The molecule has 0 radical (unpaired) electrons. The van der Waals surface area contributed by atoms with Crippen LogP contribution in [0.15, 0.2) is 34.7 Å². The minimum Gasteiger partial charge on any atom is -0.481 e. The van der Waals surface area contributed by atoms with E-state index in [0.717, 1.165) is 11.1 Å². The molecule has 3 rings (SSSR count). The smallest absolute Gasteiger partial charge is 0.308 e. The van der Waals surface area contributed by atoms with Crippen LogP contribution in [0.2, 0.25) is 0 Å². The number of hydrogen-bond donors (Lipinski definition) is 1. The average Bonchev–Trinajstić information content (AvgIpc) is 3.10. The summed E-state index contributed by atoms with van der Waals surface area (Å²) >= 11 is 0. The maximum absolute atomic E-state index is 12.8. The Morgan fingerprint density at radius 1 is 1.17 bits per heavy atom. The van der Waals surface area contributed by atoms with Crippen molar-refractivity contribution in [3.63, 3.8) is 0 Å². The summed E-state index contributed by atoms with van der Waals surface area (Å²) in [6.07, 6.45) is 0. The Kier molecular flexibility index (Phi) is 4.18. The summed E-state index contributed by atoms with van der Waals surface area (Å²) in [6, 6.07) is 9.49. The monoisotopic (exact) mass is 327 g/mol. The third-order valence-corrected chi connectivity index (χ3v) is 4.78. The van der Waals surface area contributed by atoms with Crippen LogP contribution < -0.4 is 0 Å². The first-order chi connectivity index (χ1) is 11.4. The van der Waals surface area contributed by atoms with E-state index in [2.05, 4.69) is 0 Å². The van der Waals surface area contributed by atoms with Crippen molar-refractivity contribution in [3.05, 3.63) is 58.5 Å². The van der Waals surface area contributed by atoms with E-state index in [0.29, 0.717) is 23.6 Å². The van der Waals surface area contributed by atoms with Crippen molar-refractivity contribution in [2.24, 2.45) is 5.92 Å². The van der Waals surface area contributed by atoms with Gasteiger partial charge in [0.2, 0.25) is 0 Å². The second kappa shape index (κ2) is 6.15. The third kappa shape index (κ3) is 2.82. The third-order valence-electron chi connectivity index (χ3n) is 4.78. The molecule has 0 bridgehead atoms. The van der Waals surface area contributed by atoms with Crippen LogP contribution in [0, 0.1) is 26.7 Å². The first-order valence-electron chi connectivity index (χ1n) is 8.03. The van der Waals surface area contributed by atoms with Crippen molar-refractivity contribution < 1.29 is 19.1 Å². The fourth-order valence-corrected chi connectivity index (χ4v) is 3.55. The van der Waals surface area contributed by atoms with Gasteiger partial charge in [0.05, 0.1) is 11.5 Å². The summed E-state index contributed by atoms with van der Waals surface area (Å²) in [6.45, 7) is 6.15. The molecule has 24 heavy (non-hydrogen) atoms. The molecule has 0 aliphatic carbocycles. The number of benzene rings is 1. The maximum Gasteiger partial charge on any atom is 0.308 e. The summed E-state index contributed by atoms with van der Waals surface area (Å²) in [5.74, 6) is -0.557. The van der Waals surface area contributed by atoms with E-state index in [1.54, 1.807) is 24.8 Å². The fraction of sp³-hybridized carbons (Fsp3) is 0.368. The molecule has 0 unspecified atom stereocenters. The summed E-state index contributed by atoms with van der Waals surface area (Å²) in [4.78, 5) is 26.1. The Bertz CT molecular complexity index is 792. The van der Waals surface area contributed by atoms with Gasteiger partial charge in [0.25, 0.3) is 5.91 Å². The van der Waals surface area contributed by atoms with E-state index in [4.69, 9.17) is 4.42 Å². The second-order valence-corrected chi connectivity index (χ2v) is 6.44. The fourth-order valence-electron chi connectivity index (χ4n) is 3.55. The molecule has 1 saturated heterocycles. The van der Waals surface area contributed by atoms with Gasteiger partial charge >= 0.3 is 5.97 Å². The standard InChI is InChI=1S/C19H21NO4/c1-11-6-4-5-7-14(11)16-9-20(10-17(16)19(22)23)18(21)15-8-12(2)24-13(15)3/h4-8,16-17H,9-10H2,1-3H3,(H,22,23)/t16-,17+/m1/s1. The summed E-state index contributed by atoms with van der Waals surface area (Å²) in [5.41, 5.74) is 2.57. The van der Waals surface area contributed by atoms with Gasteiger partial charge in [-0.15, -0.1) is 0 Å². The topological polar surface area (TPSA) is 70.8 Å². The molecule has 2 aromatic rings. The predicted molar refractivity (Wildman–Crippen MR) is 89.1 cm³/mol. The van der Waals surface area contributed by atoms with Crippen LogP contribution in [0.3, 0.4) is 0 Å². The first-order valence-corrected chi connectivity index (χ1v) is 8.03. The quantitative estimate of drug-likeness (QED) is 0.940. The zero-order valence-electron chi connectivity index (χ0n) is 14.1. The lowest BCUT2D eigenvalue weighted by molar-refractivity contribution is -0.141. The highest BCUT2D eigenvalue weighted by atomic mass is 16.4. The first kappa shape index (κ1) is 16.3. The number of aliphatic carboxylic acids is 1. The minimum absolute atomic E-state index is 0.160. The SMILES string of the molecule is Cc1cc(C(=O)N2C[C@H](C(=O)O)[C@@H](c3ccccc3C)C2)c(C)o1. The Morgan fingerprint density at radius 2 is 1.88 bits per heavy atom. The van der Waals surface area contributed by atoms with Gasteiger partial charge in [-0.2, -0.15) is 0 Å². The van der Waals surface area contributed by atoms with Crippen molar-refractivity contribution in [1.82, 2.24) is 4.90 Å². The van der Waals surface area contributed by atoms with Gasteiger partial charge in [-0.25, -0.2) is 0 Å². The molecule has 1 aliphatic heterocycles. The molecule has 1 N–H and O–H groups in total. The zero-order chi connectivity index (χ0) is 17.4.